The van der Waals surface area contributed by atoms with Crippen molar-refractivity contribution in [1.29, 1.82) is 0 Å². The summed E-state index contributed by atoms with van der Waals surface area (Å²) in [6, 6.07) is 14.7. The van der Waals surface area contributed by atoms with E-state index < -0.39 is 0 Å². The van der Waals surface area contributed by atoms with Crippen LogP contribution in [-0.2, 0) is 6.54 Å². The van der Waals surface area contributed by atoms with Gasteiger partial charge in [0.2, 0.25) is 0 Å². The number of nitrogens with zero attached hydrogens (tertiary/aromatic N) is 1. The molecule has 2 aromatic carbocycles. The zero-order valence-corrected chi connectivity index (χ0v) is 13.5. The quantitative estimate of drug-likeness (QED) is 0.768. The summed E-state index contributed by atoms with van der Waals surface area (Å²) in [6.45, 7) is 7.18. The number of benzene rings is 2. The smallest absolute Gasteiger partial charge is 0.0500 e. The molecule has 0 amide bonds. The lowest BCUT2D eigenvalue weighted by molar-refractivity contribution is 0.132. The molecule has 0 aliphatic rings. The van der Waals surface area contributed by atoms with E-state index in [9.17, 15) is 5.11 Å². The summed E-state index contributed by atoms with van der Waals surface area (Å²) in [7, 11) is 0. The molecule has 0 spiro atoms. The number of aliphatic hydroxyl groups is 1. The Bertz CT molecular complexity index is 817. The van der Waals surface area contributed by atoms with Crippen molar-refractivity contribution in [2.24, 2.45) is 11.1 Å². The third kappa shape index (κ3) is 2.21. The van der Waals surface area contributed by atoms with Crippen molar-refractivity contribution in [2.45, 2.75) is 33.4 Å². The van der Waals surface area contributed by atoms with Crippen LogP contribution in [0.15, 0.2) is 42.5 Å². The van der Waals surface area contributed by atoms with Crippen LogP contribution in [0.5, 0.6) is 0 Å². The van der Waals surface area contributed by atoms with Crippen LogP contribution in [0.1, 0.15) is 32.4 Å². The number of aryl methyl sites for hydroxylation is 1. The van der Waals surface area contributed by atoms with Crippen molar-refractivity contribution in [3.8, 4) is 0 Å². The van der Waals surface area contributed by atoms with Crippen LogP contribution in [0.4, 0.5) is 0 Å². The average Bonchev–Trinajstić information content (AvgIpc) is 2.87. The van der Waals surface area contributed by atoms with Gasteiger partial charge in [-0.2, -0.15) is 0 Å². The molecule has 22 heavy (non-hydrogen) atoms. The van der Waals surface area contributed by atoms with E-state index in [2.05, 4.69) is 54.0 Å². The number of rotatable bonds is 4. The molecule has 0 saturated heterocycles. The largest absolute Gasteiger partial charge is 0.396 e. The topological polar surface area (TPSA) is 51.2 Å². The molecule has 3 nitrogen and oxygen atoms in total. The van der Waals surface area contributed by atoms with Gasteiger partial charge in [0.25, 0.3) is 0 Å². The van der Waals surface area contributed by atoms with Gasteiger partial charge < -0.3 is 15.4 Å². The number of nitrogens with two attached hydrogens (primary N) is 1. The van der Waals surface area contributed by atoms with Crippen molar-refractivity contribution < 1.29 is 5.11 Å². The maximum Gasteiger partial charge on any atom is 0.0500 e. The Hall–Kier alpha value is -1.84. The molecule has 1 atom stereocenters. The lowest BCUT2D eigenvalue weighted by Gasteiger charge is -2.29. The van der Waals surface area contributed by atoms with E-state index in [1.54, 1.807) is 0 Å². The highest BCUT2D eigenvalue weighted by molar-refractivity contribution is 6.08. The zero-order valence-electron chi connectivity index (χ0n) is 13.5. The zero-order chi connectivity index (χ0) is 15.9. The Labute approximate surface area is 131 Å². The summed E-state index contributed by atoms with van der Waals surface area (Å²) in [6.07, 6.45) is 0. The minimum Gasteiger partial charge on any atom is -0.396 e. The van der Waals surface area contributed by atoms with E-state index in [1.807, 2.05) is 13.8 Å². The Morgan fingerprint density at radius 2 is 1.77 bits per heavy atom. The molecule has 0 bridgehead atoms. The fourth-order valence-electron chi connectivity index (χ4n) is 3.15. The van der Waals surface area contributed by atoms with Gasteiger partial charge in [-0.3, -0.25) is 0 Å². The summed E-state index contributed by atoms with van der Waals surface area (Å²) in [4.78, 5) is 0. The van der Waals surface area contributed by atoms with E-state index in [0.717, 1.165) is 12.1 Å². The molecule has 1 heterocycles. The van der Waals surface area contributed by atoms with Gasteiger partial charge in [-0.05, 0) is 30.7 Å². The van der Waals surface area contributed by atoms with E-state index in [-0.39, 0.29) is 18.1 Å². The van der Waals surface area contributed by atoms with Gasteiger partial charge in [-0.25, -0.2) is 0 Å². The van der Waals surface area contributed by atoms with Crippen LogP contribution in [0.2, 0.25) is 0 Å². The first-order chi connectivity index (χ1) is 10.5. The van der Waals surface area contributed by atoms with Crippen LogP contribution < -0.4 is 5.73 Å². The minimum atomic E-state index is -0.337. The van der Waals surface area contributed by atoms with Gasteiger partial charge in [0.15, 0.2) is 0 Å². The predicted octanol–water partition coefficient (Wildman–Crippen LogP) is 3.83. The van der Waals surface area contributed by atoms with E-state index in [1.165, 1.54) is 21.8 Å². The first-order valence-corrected chi connectivity index (χ1v) is 7.87. The number of para-hydroxylation sites is 1. The first-order valence-electron chi connectivity index (χ1n) is 7.87. The van der Waals surface area contributed by atoms with Crippen LogP contribution in [0, 0.1) is 5.41 Å². The van der Waals surface area contributed by atoms with Crippen molar-refractivity contribution in [1.82, 2.24) is 4.57 Å². The molecule has 0 aliphatic carbocycles. The predicted molar refractivity (Wildman–Crippen MR) is 92.9 cm³/mol. The number of aliphatic hydroxyl groups excluding tert-OH is 1. The second kappa shape index (κ2) is 5.41. The molecular formula is C19H24N2O. The molecule has 0 saturated carbocycles. The maximum atomic E-state index is 9.57. The second-order valence-electron chi connectivity index (χ2n) is 6.66. The van der Waals surface area contributed by atoms with Gasteiger partial charge in [0.1, 0.15) is 0 Å². The highest BCUT2D eigenvalue weighted by Crippen LogP contribution is 2.35. The number of aromatic nitrogens is 1. The monoisotopic (exact) mass is 296 g/mol. The average molecular weight is 296 g/mol. The Kier molecular flexibility index (Phi) is 3.71. The fourth-order valence-corrected chi connectivity index (χ4v) is 3.15. The normalized spacial score (nSPS) is 13.9. The van der Waals surface area contributed by atoms with Gasteiger partial charge in [0, 0.05) is 46.4 Å². The lowest BCUT2D eigenvalue weighted by Crippen LogP contribution is -2.32. The van der Waals surface area contributed by atoms with Crippen LogP contribution in [-0.4, -0.2) is 16.3 Å². The molecule has 0 unspecified atom stereocenters. The SMILES string of the molecule is CCn1c2ccccc2c2cc([C@@H](N)C(C)(C)CO)ccc21. The van der Waals surface area contributed by atoms with Gasteiger partial charge >= 0.3 is 0 Å². The summed E-state index contributed by atoms with van der Waals surface area (Å²) < 4.78 is 2.33. The molecule has 3 N–H and O–H groups in total. The van der Waals surface area contributed by atoms with Crippen molar-refractivity contribution in [3.63, 3.8) is 0 Å². The van der Waals surface area contributed by atoms with E-state index in [0.29, 0.717) is 0 Å². The second-order valence-corrected chi connectivity index (χ2v) is 6.66. The van der Waals surface area contributed by atoms with E-state index in [4.69, 9.17) is 5.73 Å². The maximum absolute atomic E-state index is 9.57. The van der Waals surface area contributed by atoms with Crippen LogP contribution in [0.25, 0.3) is 21.8 Å². The summed E-state index contributed by atoms with van der Waals surface area (Å²) in [5.74, 6) is 0. The Balaban J connectivity index is 2.24. The standard InChI is InChI=1S/C19H24N2O/c1-4-21-16-8-6-5-7-14(16)15-11-13(9-10-17(15)21)18(20)19(2,3)12-22/h5-11,18,22H,4,12,20H2,1-3H3/t18-/m1/s1. The highest BCUT2D eigenvalue weighted by atomic mass is 16.3. The molecule has 1 aromatic heterocycles. The lowest BCUT2D eigenvalue weighted by atomic mass is 9.81. The van der Waals surface area contributed by atoms with Gasteiger partial charge in [-0.15, -0.1) is 0 Å². The molecule has 3 heteroatoms. The molecule has 3 aromatic rings. The molecule has 0 radical (unpaired) electrons. The fraction of sp³-hybridized carbons (Fsp3) is 0.368. The first kappa shape index (κ1) is 15.1. The molecule has 0 fully saturated rings. The van der Waals surface area contributed by atoms with Crippen molar-refractivity contribution in [3.05, 3.63) is 48.0 Å². The highest BCUT2D eigenvalue weighted by Gasteiger charge is 2.27. The molecule has 3 rings (SSSR count). The third-order valence-electron chi connectivity index (χ3n) is 4.72. The van der Waals surface area contributed by atoms with Crippen LogP contribution >= 0.6 is 0 Å². The Morgan fingerprint density at radius 3 is 2.45 bits per heavy atom. The minimum absolute atomic E-state index is 0.0723. The van der Waals surface area contributed by atoms with Gasteiger partial charge in [0.05, 0.1) is 0 Å². The number of hydrogen-bond donors (Lipinski definition) is 2. The summed E-state index contributed by atoms with van der Waals surface area (Å²) >= 11 is 0. The number of hydrogen-bond acceptors (Lipinski definition) is 2. The Morgan fingerprint density at radius 1 is 1.09 bits per heavy atom. The molecular weight excluding hydrogens is 272 g/mol. The summed E-state index contributed by atoms with van der Waals surface area (Å²) in [5.41, 5.74) is 9.62. The number of fused-ring (bicyclic) bond motifs is 3. The van der Waals surface area contributed by atoms with Crippen molar-refractivity contribution in [2.75, 3.05) is 6.61 Å². The molecule has 116 valence electrons. The third-order valence-corrected chi connectivity index (χ3v) is 4.72. The summed E-state index contributed by atoms with van der Waals surface area (Å²) in [5, 5.41) is 12.1. The van der Waals surface area contributed by atoms with Crippen molar-refractivity contribution >= 4 is 21.8 Å². The van der Waals surface area contributed by atoms with Crippen LogP contribution in [0.3, 0.4) is 0 Å². The van der Waals surface area contributed by atoms with E-state index >= 15 is 0 Å². The van der Waals surface area contributed by atoms with Gasteiger partial charge in [-0.1, -0.05) is 38.1 Å². The molecule has 0 aliphatic heterocycles.